The summed E-state index contributed by atoms with van der Waals surface area (Å²) >= 11 is 0. The lowest BCUT2D eigenvalue weighted by Crippen LogP contribution is -2.44. The summed E-state index contributed by atoms with van der Waals surface area (Å²) in [6, 6.07) is 10.8. The zero-order valence-electron chi connectivity index (χ0n) is 17.3. The molecule has 2 fully saturated rings. The van der Waals surface area contributed by atoms with Crippen molar-refractivity contribution in [2.45, 2.75) is 53.1 Å². The zero-order chi connectivity index (χ0) is 21.0. The van der Waals surface area contributed by atoms with Gasteiger partial charge in [0.05, 0.1) is 6.10 Å². The number of Topliss-reactive ketones (excluding diaryl/α,β-unsaturated/α-hetero) is 1. The fourth-order valence-electron chi connectivity index (χ4n) is 4.93. The molecular weight excluding hydrogens is 368 g/mol. The minimum absolute atomic E-state index is 0.0437. The van der Waals surface area contributed by atoms with Gasteiger partial charge < -0.3 is 9.47 Å². The zero-order valence-corrected chi connectivity index (χ0v) is 17.3. The summed E-state index contributed by atoms with van der Waals surface area (Å²) in [5.41, 5.74) is -1.43. The lowest BCUT2D eigenvalue weighted by atomic mass is 9.71. The first-order chi connectivity index (χ1) is 13.7. The Labute approximate surface area is 170 Å². The van der Waals surface area contributed by atoms with Crippen LogP contribution >= 0.6 is 0 Å². The molecule has 2 bridgehead atoms. The van der Waals surface area contributed by atoms with E-state index in [0.29, 0.717) is 18.2 Å². The Morgan fingerprint density at radius 3 is 2.48 bits per heavy atom. The third-order valence-corrected chi connectivity index (χ3v) is 6.58. The summed E-state index contributed by atoms with van der Waals surface area (Å²) in [4.78, 5) is 39.1. The minimum atomic E-state index is -1.11. The second-order valence-electron chi connectivity index (χ2n) is 9.08. The van der Waals surface area contributed by atoms with Gasteiger partial charge in [-0.25, -0.2) is 4.79 Å². The molecule has 2 unspecified atom stereocenters. The topological polar surface area (TPSA) is 69.7 Å². The Bertz CT molecular complexity index is 1020. The van der Waals surface area contributed by atoms with Crippen LogP contribution in [-0.2, 0) is 14.3 Å². The molecule has 5 heteroatoms. The van der Waals surface area contributed by atoms with Gasteiger partial charge in [-0.2, -0.15) is 0 Å². The van der Waals surface area contributed by atoms with Crippen LogP contribution in [0.15, 0.2) is 36.4 Å². The second kappa shape index (κ2) is 6.68. The number of esters is 2. The average molecular weight is 394 g/mol. The normalized spacial score (nSPS) is 24.9. The van der Waals surface area contributed by atoms with Crippen LogP contribution in [0, 0.1) is 16.7 Å². The molecule has 4 rings (SSSR count). The Morgan fingerprint density at radius 1 is 1.10 bits per heavy atom. The molecule has 29 heavy (non-hydrogen) atoms. The van der Waals surface area contributed by atoms with Crippen molar-refractivity contribution in [2.75, 3.05) is 0 Å². The number of hydrogen-bond donors (Lipinski definition) is 0. The highest BCUT2D eigenvalue weighted by molar-refractivity contribution is 6.11. The third kappa shape index (κ3) is 2.95. The molecule has 0 saturated heterocycles. The minimum Gasteiger partial charge on any atom is -0.459 e. The monoisotopic (exact) mass is 394 g/mol. The van der Waals surface area contributed by atoms with Gasteiger partial charge in [0.2, 0.25) is 0 Å². The summed E-state index contributed by atoms with van der Waals surface area (Å²) in [6.07, 6.45) is 1.57. The van der Waals surface area contributed by atoms with Crippen molar-refractivity contribution in [3.63, 3.8) is 0 Å². The highest BCUT2D eigenvalue weighted by Gasteiger charge is 2.66. The Balaban J connectivity index is 1.76. The fraction of sp³-hybridized carbons (Fsp3) is 0.458. The summed E-state index contributed by atoms with van der Waals surface area (Å²) in [5.74, 6) is -0.772. The Hall–Kier alpha value is -2.69. The van der Waals surface area contributed by atoms with Gasteiger partial charge in [0, 0.05) is 10.8 Å². The van der Waals surface area contributed by atoms with Crippen LogP contribution in [0.3, 0.4) is 0 Å². The van der Waals surface area contributed by atoms with Crippen molar-refractivity contribution < 1.29 is 23.9 Å². The maximum atomic E-state index is 13.3. The summed E-state index contributed by atoms with van der Waals surface area (Å²) in [5, 5.41) is 1.49. The summed E-state index contributed by atoms with van der Waals surface area (Å²) in [6.45, 7) is 7.36. The van der Waals surface area contributed by atoms with Crippen LogP contribution in [-0.4, -0.2) is 23.8 Å². The summed E-state index contributed by atoms with van der Waals surface area (Å²) in [7, 11) is 0. The largest absolute Gasteiger partial charge is 0.459 e. The SMILES string of the molecule is CC(C)OC(=O)c1ccc2ccccc2c1OC(=O)C12CCC(C1)C(C)(C)C2=O. The van der Waals surface area contributed by atoms with E-state index in [1.54, 1.807) is 32.0 Å². The average Bonchev–Trinajstić information content (AvgIpc) is 3.20. The predicted octanol–water partition coefficient (Wildman–Crippen LogP) is 4.71. The van der Waals surface area contributed by atoms with Crippen molar-refractivity contribution in [1.29, 1.82) is 0 Å². The third-order valence-electron chi connectivity index (χ3n) is 6.58. The number of rotatable bonds is 4. The maximum absolute atomic E-state index is 13.3. The van der Waals surface area contributed by atoms with Crippen molar-refractivity contribution >= 4 is 28.5 Å². The molecule has 2 aromatic rings. The predicted molar refractivity (Wildman–Crippen MR) is 109 cm³/mol. The van der Waals surface area contributed by atoms with Gasteiger partial charge in [-0.05, 0) is 50.5 Å². The number of benzene rings is 2. The summed E-state index contributed by atoms with van der Waals surface area (Å²) < 4.78 is 11.2. The van der Waals surface area contributed by atoms with E-state index in [0.717, 1.165) is 11.8 Å². The number of ether oxygens (including phenoxy) is 2. The molecule has 2 aromatic carbocycles. The van der Waals surface area contributed by atoms with Crippen LogP contribution in [0.5, 0.6) is 5.75 Å². The van der Waals surface area contributed by atoms with Gasteiger partial charge in [0.25, 0.3) is 0 Å². The molecule has 2 aliphatic rings. The van der Waals surface area contributed by atoms with E-state index >= 15 is 0 Å². The Kier molecular flexibility index (Phi) is 4.52. The Morgan fingerprint density at radius 2 is 1.83 bits per heavy atom. The van der Waals surface area contributed by atoms with Gasteiger partial charge in [-0.1, -0.05) is 44.2 Å². The molecule has 0 heterocycles. The smallest absolute Gasteiger partial charge is 0.342 e. The molecule has 0 aliphatic heterocycles. The van der Waals surface area contributed by atoms with Gasteiger partial charge in [0.1, 0.15) is 11.0 Å². The van der Waals surface area contributed by atoms with E-state index in [-0.39, 0.29) is 29.1 Å². The van der Waals surface area contributed by atoms with Gasteiger partial charge >= 0.3 is 11.9 Å². The molecule has 2 aliphatic carbocycles. The molecule has 0 spiro atoms. The fourth-order valence-corrected chi connectivity index (χ4v) is 4.93. The van der Waals surface area contributed by atoms with E-state index < -0.39 is 22.8 Å². The number of fused-ring (bicyclic) bond motifs is 3. The second-order valence-corrected chi connectivity index (χ2v) is 9.08. The van der Waals surface area contributed by atoms with E-state index in [4.69, 9.17) is 9.47 Å². The molecule has 0 radical (unpaired) electrons. The molecule has 0 N–H and O–H groups in total. The first kappa shape index (κ1) is 19.6. The van der Waals surface area contributed by atoms with E-state index in [9.17, 15) is 14.4 Å². The van der Waals surface area contributed by atoms with Crippen molar-refractivity contribution in [1.82, 2.24) is 0 Å². The first-order valence-corrected chi connectivity index (χ1v) is 10.2. The van der Waals surface area contributed by atoms with Crippen LogP contribution in [0.4, 0.5) is 0 Å². The highest BCUT2D eigenvalue weighted by atomic mass is 16.6. The molecule has 152 valence electrons. The number of ketones is 1. The van der Waals surface area contributed by atoms with E-state index in [2.05, 4.69) is 0 Å². The lowest BCUT2D eigenvalue weighted by Gasteiger charge is -2.32. The molecule has 5 nitrogen and oxygen atoms in total. The van der Waals surface area contributed by atoms with Gasteiger partial charge in [-0.3, -0.25) is 9.59 Å². The van der Waals surface area contributed by atoms with E-state index in [1.807, 2.05) is 32.0 Å². The van der Waals surface area contributed by atoms with Gasteiger partial charge in [-0.15, -0.1) is 0 Å². The van der Waals surface area contributed by atoms with Crippen LogP contribution in [0.25, 0.3) is 10.8 Å². The quantitative estimate of drug-likeness (QED) is 0.427. The van der Waals surface area contributed by atoms with Crippen molar-refractivity contribution in [3.05, 3.63) is 42.0 Å². The molecular formula is C24H26O5. The maximum Gasteiger partial charge on any atom is 0.342 e. The number of carbonyl (C=O) groups is 3. The molecule has 0 amide bonds. The molecule has 2 atom stereocenters. The molecule has 2 saturated carbocycles. The number of hydrogen-bond acceptors (Lipinski definition) is 5. The van der Waals surface area contributed by atoms with Crippen LogP contribution in [0.2, 0.25) is 0 Å². The van der Waals surface area contributed by atoms with Crippen molar-refractivity contribution in [2.24, 2.45) is 16.7 Å². The van der Waals surface area contributed by atoms with E-state index in [1.165, 1.54) is 0 Å². The standard InChI is InChI=1S/C24H26O5/c1-14(2)28-20(25)18-10-9-15-7-5-6-8-17(15)19(18)29-22(27)24-12-11-16(13-24)23(3,4)21(24)26/h5-10,14,16H,11-13H2,1-4H3. The van der Waals surface area contributed by atoms with Crippen molar-refractivity contribution in [3.8, 4) is 5.75 Å². The van der Waals surface area contributed by atoms with Gasteiger partial charge in [0.15, 0.2) is 11.5 Å². The van der Waals surface area contributed by atoms with Crippen LogP contribution < -0.4 is 4.74 Å². The lowest BCUT2D eigenvalue weighted by molar-refractivity contribution is -0.153. The first-order valence-electron chi connectivity index (χ1n) is 10.2. The molecule has 0 aromatic heterocycles. The highest BCUT2D eigenvalue weighted by Crippen LogP contribution is 2.60. The number of carbonyl (C=O) groups excluding carboxylic acids is 3. The van der Waals surface area contributed by atoms with Crippen LogP contribution in [0.1, 0.15) is 57.3 Å².